The second-order valence-electron chi connectivity index (χ2n) is 4.18. The minimum atomic E-state index is -0.847. The molecule has 0 spiro atoms. The maximum Gasteiger partial charge on any atom is 0.514 e. The molecular weight excluding hydrogens is 170 g/mol. The molecule has 0 radical (unpaired) electrons. The number of ketones is 1. The summed E-state index contributed by atoms with van der Waals surface area (Å²) in [5.74, 6) is 0.138. The third-order valence-corrected chi connectivity index (χ3v) is 3.69. The Morgan fingerprint density at radius 1 is 1.46 bits per heavy atom. The second-order valence-corrected chi connectivity index (χ2v) is 4.18. The molecule has 2 rings (SSSR count). The maximum atomic E-state index is 11.5. The van der Waals surface area contributed by atoms with E-state index in [0.29, 0.717) is 6.42 Å². The van der Waals surface area contributed by atoms with E-state index in [2.05, 4.69) is 0 Å². The van der Waals surface area contributed by atoms with Crippen molar-refractivity contribution in [3.05, 3.63) is 0 Å². The zero-order chi connectivity index (χ0) is 9.64. The van der Waals surface area contributed by atoms with Gasteiger partial charge < -0.3 is 5.11 Å². The number of likely N-dealkylation sites (N-methyl/N-ethyl adjacent to an activating group) is 1. The van der Waals surface area contributed by atoms with Crippen LogP contribution in [0, 0.1) is 0 Å². The van der Waals surface area contributed by atoms with Crippen molar-refractivity contribution in [1.82, 2.24) is 0 Å². The SMILES string of the molecule is C[N+]1(C(=O)O)C2CCC(=O)C1CC2. The fourth-order valence-corrected chi connectivity index (χ4v) is 2.78. The van der Waals surface area contributed by atoms with Gasteiger partial charge >= 0.3 is 6.09 Å². The van der Waals surface area contributed by atoms with E-state index in [0.717, 1.165) is 19.3 Å². The number of carbonyl (C=O) groups is 2. The number of hydrogen-bond donors (Lipinski definition) is 1. The van der Waals surface area contributed by atoms with Gasteiger partial charge in [-0.15, -0.1) is 0 Å². The van der Waals surface area contributed by atoms with E-state index in [4.69, 9.17) is 5.11 Å². The Bertz CT molecular complexity index is 274. The van der Waals surface area contributed by atoms with Gasteiger partial charge in [-0.2, -0.15) is 4.79 Å². The van der Waals surface area contributed by atoms with Gasteiger partial charge in [0.25, 0.3) is 0 Å². The average Bonchev–Trinajstić information content (AvgIpc) is 2.26. The van der Waals surface area contributed by atoms with Crippen LogP contribution in [0.1, 0.15) is 25.7 Å². The van der Waals surface area contributed by atoms with Gasteiger partial charge in [0.15, 0.2) is 11.8 Å². The molecule has 2 fully saturated rings. The van der Waals surface area contributed by atoms with E-state index in [9.17, 15) is 9.59 Å². The van der Waals surface area contributed by atoms with Gasteiger partial charge in [-0.25, -0.2) is 4.48 Å². The molecule has 0 aliphatic carbocycles. The van der Waals surface area contributed by atoms with E-state index in [1.54, 1.807) is 7.05 Å². The molecule has 2 aliphatic heterocycles. The van der Waals surface area contributed by atoms with E-state index in [-0.39, 0.29) is 22.3 Å². The Hall–Kier alpha value is -0.900. The fourth-order valence-electron chi connectivity index (χ4n) is 2.78. The molecule has 0 aromatic rings. The first kappa shape index (κ1) is 8.69. The summed E-state index contributed by atoms with van der Waals surface area (Å²) < 4.78 is -0.0567. The fraction of sp³-hybridized carbons (Fsp3) is 0.778. The lowest BCUT2D eigenvalue weighted by atomic mass is 9.99. The van der Waals surface area contributed by atoms with Gasteiger partial charge in [-0.05, 0) is 0 Å². The van der Waals surface area contributed by atoms with Crippen molar-refractivity contribution in [3.8, 4) is 0 Å². The Labute approximate surface area is 76.7 Å². The van der Waals surface area contributed by atoms with Gasteiger partial charge in [0.05, 0.1) is 7.05 Å². The normalized spacial score (nSPS) is 43.6. The second kappa shape index (κ2) is 2.54. The molecule has 3 unspecified atom stereocenters. The number of fused-ring (bicyclic) bond motifs is 2. The van der Waals surface area contributed by atoms with Crippen LogP contribution in [0.3, 0.4) is 0 Å². The van der Waals surface area contributed by atoms with Crippen molar-refractivity contribution in [2.45, 2.75) is 37.8 Å². The summed E-state index contributed by atoms with van der Waals surface area (Å²) in [6.07, 6.45) is 2.13. The number of nitrogens with zero attached hydrogens (tertiary/aromatic N) is 1. The van der Waals surface area contributed by atoms with Crippen LogP contribution in [-0.2, 0) is 4.79 Å². The first-order valence-electron chi connectivity index (χ1n) is 4.69. The zero-order valence-electron chi connectivity index (χ0n) is 7.69. The summed E-state index contributed by atoms with van der Waals surface area (Å²) >= 11 is 0. The molecule has 2 heterocycles. The number of amides is 1. The van der Waals surface area contributed by atoms with Crippen molar-refractivity contribution >= 4 is 11.9 Å². The number of Topliss-reactive ketones (excluding diaryl/α,β-unsaturated/α-hetero) is 1. The average molecular weight is 184 g/mol. The highest BCUT2D eigenvalue weighted by molar-refractivity contribution is 5.85. The molecule has 72 valence electrons. The summed E-state index contributed by atoms with van der Waals surface area (Å²) in [6.45, 7) is 0. The molecule has 13 heavy (non-hydrogen) atoms. The molecule has 4 heteroatoms. The van der Waals surface area contributed by atoms with Crippen LogP contribution in [0.4, 0.5) is 4.79 Å². The van der Waals surface area contributed by atoms with Crippen LogP contribution < -0.4 is 0 Å². The van der Waals surface area contributed by atoms with Gasteiger partial charge in [0, 0.05) is 25.7 Å². The minimum Gasteiger partial charge on any atom is -0.435 e. The number of rotatable bonds is 0. The lowest BCUT2D eigenvalue weighted by Crippen LogP contribution is -2.62. The molecule has 1 N–H and O–H groups in total. The lowest BCUT2D eigenvalue weighted by Gasteiger charge is -2.37. The van der Waals surface area contributed by atoms with Crippen LogP contribution in [0.15, 0.2) is 0 Å². The lowest BCUT2D eigenvalue weighted by molar-refractivity contribution is -0.868. The number of carboxylic acid groups (broad SMARTS) is 1. The maximum absolute atomic E-state index is 11.5. The quantitative estimate of drug-likeness (QED) is 0.571. The summed E-state index contributed by atoms with van der Waals surface area (Å²) in [5.41, 5.74) is 0. The van der Waals surface area contributed by atoms with Crippen LogP contribution in [0.25, 0.3) is 0 Å². The van der Waals surface area contributed by atoms with Gasteiger partial charge in [0.2, 0.25) is 0 Å². The number of carbonyl (C=O) groups excluding carboxylic acids is 1. The van der Waals surface area contributed by atoms with Crippen LogP contribution in [-0.4, -0.2) is 40.6 Å². The summed E-state index contributed by atoms with van der Waals surface area (Å²) in [5, 5.41) is 9.12. The topological polar surface area (TPSA) is 54.4 Å². The Morgan fingerprint density at radius 3 is 2.69 bits per heavy atom. The van der Waals surface area contributed by atoms with Gasteiger partial charge in [-0.1, -0.05) is 0 Å². The number of piperidine rings is 1. The van der Waals surface area contributed by atoms with Crippen LogP contribution >= 0.6 is 0 Å². The summed E-state index contributed by atoms with van der Waals surface area (Å²) in [4.78, 5) is 22.6. The molecule has 3 atom stereocenters. The molecule has 2 aliphatic rings. The van der Waals surface area contributed by atoms with E-state index in [1.165, 1.54) is 0 Å². The zero-order valence-corrected chi connectivity index (χ0v) is 7.69. The van der Waals surface area contributed by atoms with Crippen molar-refractivity contribution in [3.63, 3.8) is 0 Å². The number of hydrogen-bond acceptors (Lipinski definition) is 2. The molecular formula is C9H14NO3+. The van der Waals surface area contributed by atoms with Crippen molar-refractivity contribution in [1.29, 1.82) is 0 Å². The Balaban J connectivity index is 2.38. The standard InChI is InChI=1S/C9H13NO3/c1-10(9(12)13)6-2-4-7(10)8(11)5-3-6/h6-7H,2-5H2,1H3/p+1. The summed E-state index contributed by atoms with van der Waals surface area (Å²) in [7, 11) is 1.68. The van der Waals surface area contributed by atoms with Gasteiger partial charge in [0.1, 0.15) is 6.04 Å². The first-order chi connectivity index (χ1) is 6.06. The molecule has 0 saturated carbocycles. The molecule has 4 nitrogen and oxygen atoms in total. The largest absolute Gasteiger partial charge is 0.514 e. The van der Waals surface area contributed by atoms with Crippen LogP contribution in [0.2, 0.25) is 0 Å². The third-order valence-electron chi connectivity index (χ3n) is 3.69. The van der Waals surface area contributed by atoms with Crippen molar-refractivity contribution in [2.75, 3.05) is 7.05 Å². The highest BCUT2D eigenvalue weighted by Gasteiger charge is 2.57. The van der Waals surface area contributed by atoms with Crippen LogP contribution in [0.5, 0.6) is 0 Å². The predicted octanol–water partition coefficient (Wildman–Crippen LogP) is 1.00. The number of quaternary nitrogens is 1. The Kier molecular flexibility index (Phi) is 1.70. The predicted molar refractivity (Wildman–Crippen MR) is 45.3 cm³/mol. The molecule has 2 bridgehead atoms. The highest BCUT2D eigenvalue weighted by atomic mass is 16.4. The molecule has 0 aromatic carbocycles. The third kappa shape index (κ3) is 0.950. The van der Waals surface area contributed by atoms with Crippen molar-refractivity contribution in [2.24, 2.45) is 0 Å². The molecule has 0 aromatic heterocycles. The van der Waals surface area contributed by atoms with Crippen molar-refractivity contribution < 1.29 is 19.2 Å². The monoisotopic (exact) mass is 184 g/mol. The van der Waals surface area contributed by atoms with E-state index < -0.39 is 6.09 Å². The highest BCUT2D eigenvalue weighted by Crippen LogP contribution is 2.39. The molecule has 1 amide bonds. The Morgan fingerprint density at radius 2 is 2.15 bits per heavy atom. The summed E-state index contributed by atoms with van der Waals surface area (Å²) in [6, 6.07) is -0.101. The van der Waals surface area contributed by atoms with E-state index >= 15 is 0 Å². The smallest absolute Gasteiger partial charge is 0.435 e. The van der Waals surface area contributed by atoms with E-state index in [1.807, 2.05) is 0 Å². The first-order valence-corrected chi connectivity index (χ1v) is 4.69. The van der Waals surface area contributed by atoms with Gasteiger partial charge in [-0.3, -0.25) is 4.79 Å². The molecule has 2 saturated heterocycles. The minimum absolute atomic E-state index is 0.0567.